The maximum absolute atomic E-state index is 11.5. The second kappa shape index (κ2) is 4.12. The molecule has 0 aromatic heterocycles. The van der Waals surface area contributed by atoms with Crippen LogP contribution in [0.3, 0.4) is 0 Å². The van der Waals surface area contributed by atoms with E-state index >= 15 is 0 Å². The largest absolute Gasteiger partial charge is 0.465 e. The minimum absolute atomic E-state index is 0.00318. The fraction of sp³-hybridized carbons (Fsp3) is 0.909. The van der Waals surface area contributed by atoms with Gasteiger partial charge >= 0.3 is 5.97 Å². The molecule has 3 fully saturated rings. The molecule has 0 radical (unpaired) electrons. The van der Waals surface area contributed by atoms with Gasteiger partial charge in [0.2, 0.25) is 0 Å². The van der Waals surface area contributed by atoms with E-state index in [1.807, 2.05) is 0 Å². The van der Waals surface area contributed by atoms with Crippen molar-refractivity contribution >= 4 is 16.2 Å². The predicted octanol–water partition coefficient (Wildman–Crippen LogP) is -0.494. The monoisotopic (exact) mass is 242 g/mol. The van der Waals surface area contributed by atoms with E-state index < -0.39 is 0 Å². The van der Waals surface area contributed by atoms with Gasteiger partial charge in [-0.3, -0.25) is 4.79 Å². The van der Waals surface area contributed by atoms with Gasteiger partial charge in [-0.15, -0.1) is 0 Å². The first-order chi connectivity index (χ1) is 7.81. The molecule has 0 spiro atoms. The zero-order valence-corrected chi connectivity index (χ0v) is 11.6. The summed E-state index contributed by atoms with van der Waals surface area (Å²) in [5.41, 5.74) is 0. The average Bonchev–Trinajstić information content (AvgIpc) is 2.91. The van der Waals surface area contributed by atoms with Crippen LogP contribution in [0.2, 0.25) is 6.04 Å². The lowest BCUT2D eigenvalue weighted by molar-refractivity contribution is -0.143. The molecule has 0 aromatic carbocycles. The van der Waals surface area contributed by atoms with Gasteiger partial charge in [-0.25, -0.2) is 0 Å². The molecule has 0 aromatic rings. The van der Waals surface area contributed by atoms with Crippen molar-refractivity contribution in [2.24, 2.45) is 11.8 Å². The Morgan fingerprint density at radius 2 is 2.38 bits per heavy atom. The van der Waals surface area contributed by atoms with Crippen molar-refractivity contribution in [2.45, 2.75) is 37.2 Å². The standard InChI is InChI=1S/C11H18O4Si/c12-11-9-6(5-14-11)10-8(4-7(9)15-10)13-2-1-3-16/h6-10H,1-5H2,16H3. The highest BCUT2D eigenvalue weighted by Gasteiger charge is 2.60. The second-order valence-corrected chi connectivity index (χ2v) is 5.96. The summed E-state index contributed by atoms with van der Waals surface area (Å²) in [6.45, 7) is 1.37. The molecule has 0 aliphatic carbocycles. The Morgan fingerprint density at radius 1 is 1.50 bits per heavy atom. The fourth-order valence-electron chi connectivity index (χ4n) is 3.14. The summed E-state index contributed by atoms with van der Waals surface area (Å²) in [7, 11) is 1.25. The molecule has 3 heterocycles. The van der Waals surface area contributed by atoms with E-state index in [2.05, 4.69) is 0 Å². The molecule has 3 aliphatic heterocycles. The number of ether oxygens (including phenoxy) is 3. The van der Waals surface area contributed by atoms with Crippen molar-refractivity contribution in [3.8, 4) is 0 Å². The van der Waals surface area contributed by atoms with Crippen LogP contribution in [0.15, 0.2) is 0 Å². The van der Waals surface area contributed by atoms with Crippen molar-refractivity contribution in [3.05, 3.63) is 0 Å². The minimum atomic E-state index is -0.0597. The predicted molar refractivity (Wildman–Crippen MR) is 60.3 cm³/mol. The van der Waals surface area contributed by atoms with Gasteiger partial charge in [0.05, 0.1) is 30.8 Å². The first kappa shape index (κ1) is 10.7. The van der Waals surface area contributed by atoms with Gasteiger partial charge in [-0.05, 0) is 6.42 Å². The maximum Gasteiger partial charge on any atom is 0.312 e. The molecule has 0 amide bonds. The van der Waals surface area contributed by atoms with Gasteiger partial charge in [0, 0.05) is 29.2 Å². The maximum atomic E-state index is 11.5. The van der Waals surface area contributed by atoms with Crippen molar-refractivity contribution < 1.29 is 19.0 Å². The smallest absolute Gasteiger partial charge is 0.312 e. The third-order valence-electron chi connectivity index (χ3n) is 3.97. The Bertz CT molecular complexity index is 296. The van der Waals surface area contributed by atoms with E-state index in [1.165, 1.54) is 16.3 Å². The number of carbonyl (C=O) groups excluding carboxylic acids is 1. The van der Waals surface area contributed by atoms with Crippen LogP contribution in [-0.4, -0.2) is 47.7 Å². The number of hydrogen-bond donors (Lipinski definition) is 0. The zero-order valence-electron chi connectivity index (χ0n) is 9.56. The van der Waals surface area contributed by atoms with Crippen LogP contribution in [0, 0.1) is 11.8 Å². The Kier molecular flexibility index (Phi) is 2.77. The van der Waals surface area contributed by atoms with Crippen LogP contribution in [0.5, 0.6) is 0 Å². The SMILES string of the molecule is O=C1OCC2C3OC(CC3OCCC[SiH3])C12. The number of cyclic esters (lactones) is 1. The molecule has 0 saturated carbocycles. The molecule has 0 N–H and O–H groups in total. The fourth-order valence-corrected chi connectivity index (χ4v) is 3.43. The van der Waals surface area contributed by atoms with Crippen molar-refractivity contribution in [1.82, 2.24) is 0 Å². The highest BCUT2D eigenvalue weighted by Crippen LogP contribution is 2.48. The summed E-state index contributed by atoms with van der Waals surface area (Å²) in [5.74, 6) is 0.200. The number of rotatable bonds is 4. The van der Waals surface area contributed by atoms with Crippen LogP contribution < -0.4 is 0 Å². The van der Waals surface area contributed by atoms with E-state index in [-0.39, 0.29) is 36.1 Å². The number of fused-ring (bicyclic) bond motifs is 5. The molecule has 4 nitrogen and oxygen atoms in total. The third-order valence-corrected chi connectivity index (χ3v) is 4.67. The zero-order chi connectivity index (χ0) is 11.1. The molecule has 3 aliphatic rings. The molecule has 5 heteroatoms. The van der Waals surface area contributed by atoms with Crippen LogP contribution in [0.25, 0.3) is 0 Å². The molecule has 3 saturated heterocycles. The Hall–Kier alpha value is -0.393. The van der Waals surface area contributed by atoms with Crippen molar-refractivity contribution in [3.63, 3.8) is 0 Å². The van der Waals surface area contributed by atoms with Crippen molar-refractivity contribution in [2.75, 3.05) is 13.2 Å². The van der Waals surface area contributed by atoms with Gasteiger partial charge < -0.3 is 14.2 Å². The Morgan fingerprint density at radius 3 is 3.19 bits per heavy atom. The van der Waals surface area contributed by atoms with Gasteiger partial charge in [-0.2, -0.15) is 0 Å². The first-order valence-corrected chi connectivity index (χ1v) is 7.66. The van der Waals surface area contributed by atoms with Crippen LogP contribution in [-0.2, 0) is 19.0 Å². The van der Waals surface area contributed by atoms with Gasteiger partial charge in [0.25, 0.3) is 0 Å². The Labute approximate surface area is 98.0 Å². The van der Waals surface area contributed by atoms with E-state index in [4.69, 9.17) is 14.2 Å². The highest BCUT2D eigenvalue weighted by molar-refractivity contribution is 6.08. The second-order valence-electron chi connectivity index (χ2n) is 4.96. The lowest BCUT2D eigenvalue weighted by Gasteiger charge is -2.25. The topological polar surface area (TPSA) is 44.8 Å². The van der Waals surface area contributed by atoms with Gasteiger partial charge in [-0.1, -0.05) is 6.04 Å². The minimum Gasteiger partial charge on any atom is -0.465 e. The molecule has 5 unspecified atom stereocenters. The van der Waals surface area contributed by atoms with Crippen LogP contribution >= 0.6 is 0 Å². The summed E-state index contributed by atoms with van der Waals surface area (Å²) in [5, 5.41) is 0. The molecule has 5 atom stereocenters. The third kappa shape index (κ3) is 1.53. The van der Waals surface area contributed by atoms with Gasteiger partial charge in [0.15, 0.2) is 0 Å². The van der Waals surface area contributed by atoms with Gasteiger partial charge in [0.1, 0.15) is 0 Å². The molecule has 2 bridgehead atoms. The number of carbonyl (C=O) groups is 1. The molecule has 16 heavy (non-hydrogen) atoms. The summed E-state index contributed by atoms with van der Waals surface area (Å²) in [6.07, 6.45) is 2.40. The normalized spacial score (nSPS) is 45.0. The molecular weight excluding hydrogens is 224 g/mol. The average molecular weight is 242 g/mol. The summed E-state index contributed by atoms with van der Waals surface area (Å²) in [4.78, 5) is 11.5. The Balaban J connectivity index is 1.61. The first-order valence-electron chi connectivity index (χ1n) is 6.25. The van der Waals surface area contributed by atoms with E-state index in [9.17, 15) is 4.79 Å². The lowest BCUT2D eigenvalue weighted by atomic mass is 9.80. The summed E-state index contributed by atoms with van der Waals surface area (Å²) in [6, 6.07) is 1.29. The van der Waals surface area contributed by atoms with Crippen LogP contribution in [0.1, 0.15) is 12.8 Å². The summed E-state index contributed by atoms with van der Waals surface area (Å²) >= 11 is 0. The number of hydrogen-bond acceptors (Lipinski definition) is 4. The van der Waals surface area contributed by atoms with E-state index in [1.54, 1.807) is 0 Å². The van der Waals surface area contributed by atoms with E-state index in [0.29, 0.717) is 6.61 Å². The van der Waals surface area contributed by atoms with Crippen LogP contribution in [0.4, 0.5) is 0 Å². The summed E-state index contributed by atoms with van der Waals surface area (Å²) < 4.78 is 16.8. The quantitative estimate of drug-likeness (QED) is 0.379. The van der Waals surface area contributed by atoms with Crippen molar-refractivity contribution in [1.29, 1.82) is 0 Å². The highest BCUT2D eigenvalue weighted by atomic mass is 28.1. The van der Waals surface area contributed by atoms with E-state index in [0.717, 1.165) is 19.4 Å². The molecule has 90 valence electrons. The molecule has 3 rings (SSSR count). The lowest BCUT2D eigenvalue weighted by Crippen LogP contribution is -2.38. The number of esters is 1. The molecular formula is C11H18O4Si.